The van der Waals surface area contributed by atoms with Crippen molar-refractivity contribution in [2.24, 2.45) is 0 Å². The largest absolute Gasteiger partial charge is 0.504 e. The van der Waals surface area contributed by atoms with Gasteiger partial charge in [-0.25, -0.2) is 0 Å². The number of ether oxygens (including phenoxy) is 1. The van der Waals surface area contributed by atoms with Gasteiger partial charge in [-0.2, -0.15) is 0 Å². The predicted molar refractivity (Wildman–Crippen MR) is 62.6 cm³/mol. The first-order chi connectivity index (χ1) is 8.54. The number of hydrogen-bond donors (Lipinski definition) is 3. The molecule has 18 heavy (non-hydrogen) atoms. The lowest BCUT2D eigenvalue weighted by atomic mass is 10.1. The van der Waals surface area contributed by atoms with Crippen LogP contribution in [0.4, 0.5) is 0 Å². The van der Waals surface area contributed by atoms with Gasteiger partial charge in [0.2, 0.25) is 0 Å². The number of hydrogen-bond acceptors (Lipinski definition) is 5. The number of methoxy groups -OCH3 is 1. The molecule has 0 unspecified atom stereocenters. The van der Waals surface area contributed by atoms with Gasteiger partial charge >= 0.3 is 0 Å². The van der Waals surface area contributed by atoms with E-state index < -0.39 is 18.1 Å². The number of phenols is 1. The summed E-state index contributed by atoms with van der Waals surface area (Å²) < 4.78 is 4.92. The highest BCUT2D eigenvalue weighted by Crippen LogP contribution is 2.30. The molecule has 0 saturated carbocycles. The van der Waals surface area contributed by atoms with Gasteiger partial charge in [-0.05, 0) is 12.1 Å². The average Bonchev–Trinajstić information content (AvgIpc) is 2.69. The molecule has 2 atom stereocenters. The molecule has 1 amide bonds. The van der Waals surface area contributed by atoms with E-state index in [0.717, 1.165) is 0 Å². The number of phenolic OH excluding ortho intramolecular Hbond substituents is 1. The molecule has 98 valence electrons. The normalized spacial score (nSPS) is 23.2. The van der Waals surface area contributed by atoms with Gasteiger partial charge in [0.25, 0.3) is 5.91 Å². The van der Waals surface area contributed by atoms with E-state index >= 15 is 0 Å². The lowest BCUT2D eigenvalue weighted by Gasteiger charge is -2.16. The monoisotopic (exact) mass is 253 g/mol. The maximum absolute atomic E-state index is 12.1. The molecule has 0 radical (unpaired) electrons. The molecule has 0 spiro atoms. The quantitative estimate of drug-likeness (QED) is 0.666. The van der Waals surface area contributed by atoms with Gasteiger partial charge in [0.05, 0.1) is 24.9 Å². The summed E-state index contributed by atoms with van der Waals surface area (Å²) >= 11 is 0. The summed E-state index contributed by atoms with van der Waals surface area (Å²) in [5.74, 6) is -0.468. The number of rotatable bonds is 2. The van der Waals surface area contributed by atoms with Crippen LogP contribution in [0, 0.1) is 0 Å². The first-order valence-electron chi connectivity index (χ1n) is 5.56. The summed E-state index contributed by atoms with van der Waals surface area (Å²) in [5, 5.41) is 28.7. The second-order valence-corrected chi connectivity index (χ2v) is 4.20. The van der Waals surface area contributed by atoms with Crippen molar-refractivity contribution < 1.29 is 24.9 Å². The Morgan fingerprint density at radius 3 is 2.50 bits per heavy atom. The van der Waals surface area contributed by atoms with Crippen LogP contribution in [0.1, 0.15) is 10.4 Å². The Morgan fingerprint density at radius 2 is 1.94 bits per heavy atom. The molecule has 2 rings (SSSR count). The molecule has 1 heterocycles. The Morgan fingerprint density at radius 1 is 1.33 bits per heavy atom. The third-order valence-electron chi connectivity index (χ3n) is 3.00. The number of carbonyl (C=O) groups excluding carboxylic acids is 1. The molecule has 0 aromatic heterocycles. The first kappa shape index (κ1) is 12.7. The molecule has 6 heteroatoms. The van der Waals surface area contributed by atoms with E-state index in [1.54, 1.807) is 12.1 Å². The van der Waals surface area contributed by atoms with E-state index in [4.69, 9.17) is 4.74 Å². The number of aliphatic hydroxyl groups excluding tert-OH is 2. The Balaban J connectivity index is 2.24. The molecule has 6 nitrogen and oxygen atoms in total. The molecule has 1 saturated heterocycles. The summed E-state index contributed by atoms with van der Waals surface area (Å²) in [5.41, 5.74) is 0.0932. The van der Waals surface area contributed by atoms with Crippen molar-refractivity contribution in [2.45, 2.75) is 12.2 Å². The molecule has 1 aromatic carbocycles. The molecule has 1 aromatic rings. The van der Waals surface area contributed by atoms with Crippen molar-refractivity contribution in [3.8, 4) is 11.5 Å². The highest BCUT2D eigenvalue weighted by molar-refractivity contribution is 5.97. The second kappa shape index (κ2) is 4.83. The first-order valence-corrected chi connectivity index (χ1v) is 5.56. The van der Waals surface area contributed by atoms with Crippen LogP contribution in [-0.4, -0.2) is 58.5 Å². The fraction of sp³-hybridized carbons (Fsp3) is 0.417. The van der Waals surface area contributed by atoms with Crippen LogP contribution >= 0.6 is 0 Å². The second-order valence-electron chi connectivity index (χ2n) is 4.20. The lowest BCUT2D eigenvalue weighted by molar-refractivity contribution is 0.0572. The molecule has 1 aliphatic rings. The number of benzene rings is 1. The van der Waals surface area contributed by atoms with Crippen LogP contribution in [0.25, 0.3) is 0 Å². The minimum absolute atomic E-state index is 0.0522. The van der Waals surface area contributed by atoms with Crippen molar-refractivity contribution in [3.05, 3.63) is 23.8 Å². The number of nitrogens with zero attached hydrogens (tertiary/aromatic N) is 1. The van der Waals surface area contributed by atoms with Gasteiger partial charge in [-0.3, -0.25) is 4.79 Å². The van der Waals surface area contributed by atoms with E-state index in [2.05, 4.69) is 0 Å². The van der Waals surface area contributed by atoms with Crippen molar-refractivity contribution in [3.63, 3.8) is 0 Å². The third-order valence-corrected chi connectivity index (χ3v) is 3.00. The summed E-state index contributed by atoms with van der Waals surface area (Å²) in [6.45, 7) is 0.104. The number of para-hydroxylation sites is 1. The summed E-state index contributed by atoms with van der Waals surface area (Å²) in [4.78, 5) is 13.4. The highest BCUT2D eigenvalue weighted by atomic mass is 16.5. The van der Waals surface area contributed by atoms with E-state index in [0.29, 0.717) is 0 Å². The zero-order valence-electron chi connectivity index (χ0n) is 9.91. The number of likely N-dealkylation sites (tertiary alicyclic amines) is 1. The number of aliphatic hydroxyl groups is 2. The molecular weight excluding hydrogens is 238 g/mol. The Hall–Kier alpha value is -1.79. The van der Waals surface area contributed by atoms with Crippen LogP contribution in [0.2, 0.25) is 0 Å². The summed E-state index contributed by atoms with van der Waals surface area (Å²) in [7, 11) is 1.40. The standard InChI is InChI=1S/C12H15NO5/c1-18-10-4-2-3-7(11(10)16)12(17)13-5-8(14)9(15)6-13/h2-4,8-9,14-16H,5-6H2,1H3/t8-,9+. The number of amides is 1. The topological polar surface area (TPSA) is 90.2 Å². The van der Waals surface area contributed by atoms with Crippen LogP contribution < -0.4 is 4.74 Å². The maximum Gasteiger partial charge on any atom is 0.257 e. The average molecular weight is 253 g/mol. The van der Waals surface area contributed by atoms with E-state index in [1.807, 2.05) is 0 Å². The number of carbonyl (C=O) groups is 1. The predicted octanol–water partition coefficient (Wildman–Crippen LogP) is -0.422. The van der Waals surface area contributed by atoms with Crippen LogP contribution in [0.3, 0.4) is 0 Å². The molecular formula is C12H15NO5. The number of β-amino-alcohol motifs (C(OH)–C–C–N with tert-alkyl or cyclic N) is 2. The van der Waals surface area contributed by atoms with Crippen LogP contribution in [0.15, 0.2) is 18.2 Å². The van der Waals surface area contributed by atoms with Crippen LogP contribution in [0.5, 0.6) is 11.5 Å². The van der Waals surface area contributed by atoms with Crippen molar-refractivity contribution in [1.29, 1.82) is 0 Å². The van der Waals surface area contributed by atoms with E-state index in [-0.39, 0.29) is 30.2 Å². The Bertz CT molecular complexity index is 452. The van der Waals surface area contributed by atoms with E-state index in [9.17, 15) is 20.1 Å². The molecule has 0 bridgehead atoms. The minimum atomic E-state index is -0.943. The number of aromatic hydroxyl groups is 1. The van der Waals surface area contributed by atoms with Gasteiger partial charge in [0.15, 0.2) is 11.5 Å². The van der Waals surface area contributed by atoms with Crippen LogP contribution in [-0.2, 0) is 0 Å². The third kappa shape index (κ3) is 2.12. The van der Waals surface area contributed by atoms with Gasteiger partial charge < -0.3 is 25.0 Å². The minimum Gasteiger partial charge on any atom is -0.504 e. The Kier molecular flexibility index (Phi) is 3.40. The van der Waals surface area contributed by atoms with Gasteiger partial charge in [0.1, 0.15) is 0 Å². The summed E-state index contributed by atoms with van der Waals surface area (Å²) in [6, 6.07) is 4.60. The van der Waals surface area contributed by atoms with Crippen molar-refractivity contribution >= 4 is 5.91 Å². The maximum atomic E-state index is 12.1. The zero-order chi connectivity index (χ0) is 13.3. The van der Waals surface area contributed by atoms with E-state index in [1.165, 1.54) is 18.1 Å². The van der Waals surface area contributed by atoms with Crippen molar-refractivity contribution in [2.75, 3.05) is 20.2 Å². The highest BCUT2D eigenvalue weighted by Gasteiger charge is 2.34. The Labute approximate surface area is 104 Å². The lowest BCUT2D eigenvalue weighted by Crippen LogP contribution is -2.29. The molecule has 3 N–H and O–H groups in total. The molecule has 1 fully saturated rings. The van der Waals surface area contributed by atoms with Gasteiger partial charge in [-0.15, -0.1) is 0 Å². The fourth-order valence-corrected chi connectivity index (χ4v) is 1.97. The zero-order valence-corrected chi connectivity index (χ0v) is 9.91. The van der Waals surface area contributed by atoms with Gasteiger partial charge in [0, 0.05) is 13.1 Å². The smallest absolute Gasteiger partial charge is 0.257 e. The molecule has 0 aliphatic carbocycles. The fourth-order valence-electron chi connectivity index (χ4n) is 1.97. The SMILES string of the molecule is COc1cccc(C(=O)N2C[C@@H](O)[C@@H](O)C2)c1O. The van der Waals surface area contributed by atoms with Crippen molar-refractivity contribution in [1.82, 2.24) is 4.90 Å². The van der Waals surface area contributed by atoms with Gasteiger partial charge in [-0.1, -0.05) is 6.07 Å². The summed E-state index contributed by atoms with van der Waals surface area (Å²) in [6.07, 6.45) is -1.89. The molecule has 1 aliphatic heterocycles.